The second-order valence-electron chi connectivity index (χ2n) is 5.08. The Bertz CT molecular complexity index is 524. The smallest absolute Gasteiger partial charge is 0.233 e. The van der Waals surface area contributed by atoms with E-state index in [2.05, 4.69) is 41.0 Å². The third kappa shape index (κ3) is 4.99. The van der Waals surface area contributed by atoms with Crippen LogP contribution in [0.1, 0.15) is 24.8 Å². The second-order valence-corrected chi connectivity index (χ2v) is 6.11. The average Bonchev–Trinajstić information content (AvgIpc) is 3.16. The molecule has 0 aromatic carbocycles. The lowest BCUT2D eigenvalue weighted by Crippen LogP contribution is -2.41. The van der Waals surface area contributed by atoms with E-state index in [1.807, 2.05) is 23.0 Å². The van der Waals surface area contributed by atoms with Crippen LogP contribution in [0, 0.1) is 0 Å². The molecule has 2 rings (SSSR count). The number of carbonyl (C=O) groups is 1. The number of aromatic nitrogens is 2. The Morgan fingerprint density at radius 1 is 1.43 bits per heavy atom. The Balaban J connectivity index is 1.64. The molecule has 2 heterocycles. The molecule has 0 fully saturated rings. The van der Waals surface area contributed by atoms with Gasteiger partial charge in [-0.15, -0.1) is 11.3 Å². The minimum atomic E-state index is 0.0334. The molecule has 2 aromatic rings. The number of nitrogens with zero attached hydrogens (tertiary/aromatic N) is 2. The van der Waals surface area contributed by atoms with Crippen molar-refractivity contribution < 1.29 is 4.79 Å². The molecular formula is C15H22N4OS. The number of hydrogen-bond donors (Lipinski definition) is 2. The van der Waals surface area contributed by atoms with Gasteiger partial charge in [-0.2, -0.15) is 5.10 Å². The van der Waals surface area contributed by atoms with Crippen molar-refractivity contribution in [2.45, 2.75) is 32.4 Å². The second kappa shape index (κ2) is 7.95. The van der Waals surface area contributed by atoms with Gasteiger partial charge in [0, 0.05) is 29.9 Å². The van der Waals surface area contributed by atoms with Gasteiger partial charge in [0.2, 0.25) is 5.91 Å². The van der Waals surface area contributed by atoms with Crippen molar-refractivity contribution in [3.05, 3.63) is 40.8 Å². The Morgan fingerprint density at radius 3 is 2.95 bits per heavy atom. The lowest BCUT2D eigenvalue weighted by molar-refractivity contribution is -0.120. The maximum atomic E-state index is 11.8. The molecule has 0 aliphatic heterocycles. The molecule has 0 saturated heterocycles. The van der Waals surface area contributed by atoms with E-state index in [1.54, 1.807) is 17.5 Å². The van der Waals surface area contributed by atoms with Gasteiger partial charge in [0.05, 0.1) is 12.6 Å². The highest BCUT2D eigenvalue weighted by Gasteiger charge is 2.14. The van der Waals surface area contributed by atoms with Crippen LogP contribution >= 0.6 is 11.3 Å². The van der Waals surface area contributed by atoms with E-state index in [0.29, 0.717) is 13.1 Å². The molecule has 2 N–H and O–H groups in total. The highest BCUT2D eigenvalue weighted by atomic mass is 32.1. The molecular weight excluding hydrogens is 284 g/mol. The summed E-state index contributed by atoms with van der Waals surface area (Å²) in [5.74, 6) is 0.0334. The molecule has 0 spiro atoms. The summed E-state index contributed by atoms with van der Waals surface area (Å²) in [6.45, 7) is 5.16. The van der Waals surface area contributed by atoms with E-state index in [0.717, 1.165) is 6.42 Å². The zero-order valence-electron chi connectivity index (χ0n) is 12.5. The van der Waals surface area contributed by atoms with Crippen molar-refractivity contribution in [2.75, 3.05) is 13.1 Å². The first-order valence-electron chi connectivity index (χ1n) is 7.18. The molecule has 0 aliphatic rings. The molecule has 6 heteroatoms. The third-order valence-corrected chi connectivity index (χ3v) is 4.46. The van der Waals surface area contributed by atoms with Gasteiger partial charge in [0.25, 0.3) is 0 Å². The highest BCUT2D eigenvalue weighted by molar-refractivity contribution is 7.09. The molecule has 2 atom stereocenters. The summed E-state index contributed by atoms with van der Waals surface area (Å²) >= 11 is 1.72. The number of amides is 1. The van der Waals surface area contributed by atoms with Crippen molar-refractivity contribution in [1.29, 1.82) is 0 Å². The largest absolute Gasteiger partial charge is 0.355 e. The first kappa shape index (κ1) is 15.7. The molecule has 114 valence electrons. The summed E-state index contributed by atoms with van der Waals surface area (Å²) in [6, 6.07) is 6.40. The number of carbonyl (C=O) groups excluding carboxylic acids is 1. The molecule has 21 heavy (non-hydrogen) atoms. The van der Waals surface area contributed by atoms with Gasteiger partial charge in [0.1, 0.15) is 0 Å². The normalized spacial score (nSPS) is 13.8. The fraction of sp³-hybridized carbons (Fsp3) is 0.467. The summed E-state index contributed by atoms with van der Waals surface area (Å²) in [5, 5.41) is 12.4. The van der Waals surface area contributed by atoms with Crippen LogP contribution < -0.4 is 10.6 Å². The van der Waals surface area contributed by atoms with Crippen LogP contribution in [0.5, 0.6) is 0 Å². The highest BCUT2D eigenvalue weighted by Crippen LogP contribution is 2.09. The Kier molecular flexibility index (Phi) is 5.95. The molecule has 0 saturated carbocycles. The van der Waals surface area contributed by atoms with E-state index in [-0.39, 0.29) is 18.0 Å². The van der Waals surface area contributed by atoms with Crippen molar-refractivity contribution in [3.8, 4) is 0 Å². The van der Waals surface area contributed by atoms with Crippen molar-refractivity contribution in [1.82, 2.24) is 20.4 Å². The van der Waals surface area contributed by atoms with Gasteiger partial charge >= 0.3 is 0 Å². The average molecular weight is 306 g/mol. The van der Waals surface area contributed by atoms with Gasteiger partial charge in [0.15, 0.2) is 0 Å². The predicted molar refractivity (Wildman–Crippen MR) is 85.4 cm³/mol. The molecule has 0 aliphatic carbocycles. The molecule has 2 aromatic heterocycles. The summed E-state index contributed by atoms with van der Waals surface area (Å²) in [7, 11) is 0. The maximum Gasteiger partial charge on any atom is 0.233 e. The first-order valence-corrected chi connectivity index (χ1v) is 8.06. The topological polar surface area (TPSA) is 59.0 Å². The lowest BCUT2D eigenvalue weighted by Gasteiger charge is -2.21. The molecule has 1 amide bonds. The number of rotatable bonds is 8. The molecule has 5 nitrogen and oxygen atoms in total. The van der Waals surface area contributed by atoms with E-state index >= 15 is 0 Å². The van der Waals surface area contributed by atoms with Crippen LogP contribution in [0.4, 0.5) is 0 Å². The van der Waals surface area contributed by atoms with Crippen LogP contribution in [0.15, 0.2) is 36.0 Å². The van der Waals surface area contributed by atoms with Crippen molar-refractivity contribution in [2.24, 2.45) is 0 Å². The minimum absolute atomic E-state index is 0.0334. The summed E-state index contributed by atoms with van der Waals surface area (Å²) in [6.07, 6.45) is 4.59. The zero-order valence-corrected chi connectivity index (χ0v) is 13.3. The number of thiophene rings is 1. The van der Waals surface area contributed by atoms with Gasteiger partial charge in [-0.1, -0.05) is 6.07 Å². The quantitative estimate of drug-likeness (QED) is 0.782. The summed E-state index contributed by atoms with van der Waals surface area (Å²) in [5.41, 5.74) is 0. The van der Waals surface area contributed by atoms with Gasteiger partial charge in [-0.25, -0.2) is 0 Å². The van der Waals surface area contributed by atoms with Gasteiger partial charge < -0.3 is 10.6 Å². The first-order chi connectivity index (χ1) is 10.2. The van der Waals surface area contributed by atoms with Crippen LogP contribution in [-0.4, -0.2) is 34.8 Å². The summed E-state index contributed by atoms with van der Waals surface area (Å²) < 4.78 is 1.90. The van der Waals surface area contributed by atoms with Crippen molar-refractivity contribution >= 4 is 17.2 Å². The molecule has 0 unspecified atom stereocenters. The molecule has 0 bridgehead atoms. The number of nitrogens with one attached hydrogen (secondary N) is 2. The number of hydrogen-bond acceptors (Lipinski definition) is 4. The fourth-order valence-corrected chi connectivity index (χ4v) is 2.73. The van der Waals surface area contributed by atoms with E-state index in [9.17, 15) is 4.79 Å². The lowest BCUT2D eigenvalue weighted by atomic mass is 10.2. The maximum absolute atomic E-state index is 11.8. The van der Waals surface area contributed by atoms with Crippen LogP contribution in [0.3, 0.4) is 0 Å². The van der Waals surface area contributed by atoms with Crippen LogP contribution in [0.2, 0.25) is 0 Å². The Labute approximate surface area is 129 Å². The van der Waals surface area contributed by atoms with E-state index < -0.39 is 0 Å². The molecule has 0 radical (unpaired) electrons. The predicted octanol–water partition coefficient (Wildman–Crippen LogP) is 1.84. The summed E-state index contributed by atoms with van der Waals surface area (Å²) in [4.78, 5) is 13.1. The minimum Gasteiger partial charge on any atom is -0.355 e. The Hall–Kier alpha value is -1.66. The Morgan fingerprint density at radius 2 is 2.29 bits per heavy atom. The SMILES string of the molecule is C[C@H](NCC(=O)NCCc1cccs1)[C@H](C)n1cccn1. The zero-order chi connectivity index (χ0) is 15.1. The third-order valence-electron chi connectivity index (χ3n) is 3.52. The monoisotopic (exact) mass is 306 g/mol. The van der Waals surface area contributed by atoms with E-state index in [4.69, 9.17) is 0 Å². The van der Waals surface area contributed by atoms with Crippen LogP contribution in [-0.2, 0) is 11.2 Å². The van der Waals surface area contributed by atoms with Gasteiger partial charge in [-0.3, -0.25) is 9.48 Å². The van der Waals surface area contributed by atoms with Crippen molar-refractivity contribution in [3.63, 3.8) is 0 Å². The van der Waals surface area contributed by atoms with Gasteiger partial charge in [-0.05, 0) is 37.8 Å². The fourth-order valence-electron chi connectivity index (χ4n) is 2.02. The standard InChI is InChI=1S/C15H22N4OS/c1-12(13(2)19-9-4-7-18-19)17-11-15(20)16-8-6-14-5-3-10-21-14/h3-5,7,9-10,12-13,17H,6,8,11H2,1-2H3,(H,16,20)/t12-,13-/m0/s1. The van der Waals surface area contributed by atoms with Crippen LogP contribution in [0.25, 0.3) is 0 Å². The van der Waals surface area contributed by atoms with E-state index in [1.165, 1.54) is 4.88 Å².